The molecule has 0 aromatic heterocycles. The summed E-state index contributed by atoms with van der Waals surface area (Å²) < 4.78 is 51.6. The molecule has 2 aromatic carbocycles. The number of anilines is 2. The number of amides is 2. The Morgan fingerprint density at radius 3 is 2.19 bits per heavy atom. The molecule has 170 valence electrons. The van der Waals surface area contributed by atoms with Crippen LogP contribution in [0.1, 0.15) is 18.1 Å². The molecule has 0 radical (unpaired) electrons. The average molecular weight is 469 g/mol. The first-order valence-electron chi connectivity index (χ1n) is 9.62. The van der Waals surface area contributed by atoms with Crippen LogP contribution in [-0.4, -0.2) is 48.8 Å². The molecule has 0 aliphatic heterocycles. The van der Waals surface area contributed by atoms with Crippen LogP contribution >= 0.6 is 0 Å². The smallest absolute Gasteiger partial charge is 0.333 e. The first-order valence-corrected chi connectivity index (χ1v) is 13.0. The lowest BCUT2D eigenvalue weighted by molar-refractivity contribution is 0.256. The Kier molecular flexibility index (Phi) is 8.04. The lowest BCUT2D eigenvalue weighted by Gasteiger charge is -2.24. The van der Waals surface area contributed by atoms with Crippen molar-refractivity contribution in [2.75, 3.05) is 36.1 Å². The summed E-state index contributed by atoms with van der Waals surface area (Å²) in [6, 6.07) is 10.6. The van der Waals surface area contributed by atoms with Crippen molar-refractivity contribution in [2.45, 2.75) is 25.7 Å². The summed E-state index contributed by atoms with van der Waals surface area (Å²) >= 11 is 0. The normalized spacial score (nSPS) is 11.7. The molecule has 11 heteroatoms. The Morgan fingerprint density at radius 2 is 1.65 bits per heavy atom. The third-order valence-electron chi connectivity index (χ3n) is 4.51. The number of sulfonamides is 2. The predicted octanol–water partition coefficient (Wildman–Crippen LogP) is 2.19. The lowest BCUT2D eigenvalue weighted by Crippen LogP contribution is -2.35. The zero-order chi connectivity index (χ0) is 23.2. The maximum atomic E-state index is 12.4. The number of urea groups is 1. The maximum Gasteiger partial charge on any atom is 0.333 e. The highest BCUT2D eigenvalue weighted by molar-refractivity contribution is 7.90. The van der Waals surface area contributed by atoms with Crippen LogP contribution in [0.25, 0.3) is 0 Å². The summed E-state index contributed by atoms with van der Waals surface area (Å²) in [5, 5.41) is 2.56. The Balaban J connectivity index is 2.05. The Hall–Kier alpha value is -2.63. The van der Waals surface area contributed by atoms with Crippen molar-refractivity contribution in [3.8, 4) is 0 Å². The highest BCUT2D eigenvalue weighted by Crippen LogP contribution is 2.23. The number of hydrogen-bond donors (Lipinski definition) is 3. The molecule has 0 unspecified atom stereocenters. The molecule has 0 bridgehead atoms. The van der Waals surface area contributed by atoms with Gasteiger partial charge in [-0.1, -0.05) is 17.7 Å². The monoisotopic (exact) mass is 468 g/mol. The van der Waals surface area contributed by atoms with Crippen molar-refractivity contribution < 1.29 is 21.6 Å². The van der Waals surface area contributed by atoms with Crippen molar-refractivity contribution in [1.29, 1.82) is 0 Å². The molecule has 0 saturated heterocycles. The van der Waals surface area contributed by atoms with Gasteiger partial charge in [-0.05, 0) is 56.7 Å². The molecule has 0 heterocycles. The van der Waals surface area contributed by atoms with E-state index in [1.807, 2.05) is 29.5 Å². The van der Waals surface area contributed by atoms with Crippen LogP contribution in [0.4, 0.5) is 16.2 Å². The van der Waals surface area contributed by atoms with E-state index >= 15 is 0 Å². The van der Waals surface area contributed by atoms with Gasteiger partial charge in [-0.2, -0.15) is 0 Å². The third-order valence-corrected chi connectivity index (χ3v) is 6.58. The molecule has 0 spiro atoms. The lowest BCUT2D eigenvalue weighted by atomic mass is 10.1. The van der Waals surface area contributed by atoms with Gasteiger partial charge in [-0.15, -0.1) is 0 Å². The first-order chi connectivity index (χ1) is 14.4. The zero-order valence-corrected chi connectivity index (χ0v) is 19.6. The molecule has 9 nitrogen and oxygen atoms in total. The number of benzene rings is 2. The number of hydrogen-bond acceptors (Lipinski definition) is 6. The van der Waals surface area contributed by atoms with Gasteiger partial charge in [0.15, 0.2) is 0 Å². The molecule has 2 amide bonds. The maximum absolute atomic E-state index is 12.4. The number of rotatable bonds is 9. The van der Waals surface area contributed by atoms with E-state index in [-0.39, 0.29) is 11.4 Å². The highest BCUT2D eigenvalue weighted by Gasteiger charge is 2.18. The molecule has 2 rings (SSSR count). The second-order valence-corrected chi connectivity index (χ2v) is 10.6. The quantitative estimate of drug-likeness (QED) is 0.518. The van der Waals surface area contributed by atoms with E-state index in [1.54, 1.807) is 31.2 Å². The minimum atomic E-state index is -3.98. The number of nitrogens with one attached hydrogen (secondary N) is 3. The Bertz CT molecular complexity index is 1130. The van der Waals surface area contributed by atoms with Gasteiger partial charge in [0.25, 0.3) is 10.0 Å². The van der Waals surface area contributed by atoms with Crippen LogP contribution in [0.2, 0.25) is 0 Å². The first kappa shape index (κ1) is 24.6. The van der Waals surface area contributed by atoms with Gasteiger partial charge in [0.05, 0.1) is 11.2 Å². The SMILES string of the molecule is CCN(CCNS(C)(=O)=O)c1ccc(NC(=O)NS(=O)(=O)c2ccc(C)cc2)c(C)c1. The summed E-state index contributed by atoms with van der Waals surface area (Å²) in [7, 11) is -7.24. The van der Waals surface area contributed by atoms with E-state index in [9.17, 15) is 21.6 Å². The molecule has 0 atom stereocenters. The van der Waals surface area contributed by atoms with E-state index in [2.05, 4.69) is 10.0 Å². The van der Waals surface area contributed by atoms with Gasteiger partial charge in [0, 0.05) is 31.0 Å². The van der Waals surface area contributed by atoms with Crippen molar-refractivity contribution in [3.63, 3.8) is 0 Å². The van der Waals surface area contributed by atoms with Crippen LogP contribution in [0, 0.1) is 13.8 Å². The van der Waals surface area contributed by atoms with Gasteiger partial charge in [0.2, 0.25) is 10.0 Å². The summed E-state index contributed by atoms with van der Waals surface area (Å²) in [6.45, 7) is 6.98. The van der Waals surface area contributed by atoms with Crippen LogP contribution < -0.4 is 19.7 Å². The number of aryl methyl sites for hydroxylation is 2. The summed E-state index contributed by atoms with van der Waals surface area (Å²) in [5.74, 6) is 0. The van der Waals surface area contributed by atoms with Gasteiger partial charge in [-0.3, -0.25) is 0 Å². The molecule has 2 aromatic rings. The number of likely N-dealkylation sites (N-methyl/N-ethyl adjacent to an activating group) is 1. The van der Waals surface area contributed by atoms with Crippen molar-refractivity contribution >= 4 is 37.5 Å². The Labute approximate surface area is 184 Å². The van der Waals surface area contributed by atoms with Crippen LogP contribution in [0.3, 0.4) is 0 Å². The summed E-state index contributed by atoms with van der Waals surface area (Å²) in [6.07, 6.45) is 1.11. The molecule has 0 saturated carbocycles. The number of carbonyl (C=O) groups excluding carboxylic acids is 1. The van der Waals surface area contributed by atoms with Crippen LogP contribution in [0.5, 0.6) is 0 Å². The van der Waals surface area contributed by atoms with Gasteiger partial charge in [-0.25, -0.2) is 31.1 Å². The van der Waals surface area contributed by atoms with E-state index in [0.717, 1.165) is 23.1 Å². The van der Waals surface area contributed by atoms with Gasteiger partial charge < -0.3 is 10.2 Å². The molecular weight excluding hydrogens is 440 g/mol. The van der Waals surface area contributed by atoms with E-state index < -0.39 is 26.1 Å². The zero-order valence-electron chi connectivity index (χ0n) is 18.0. The minimum absolute atomic E-state index is 0.00149. The second-order valence-electron chi connectivity index (χ2n) is 7.12. The van der Waals surface area contributed by atoms with Crippen LogP contribution in [0.15, 0.2) is 47.4 Å². The van der Waals surface area contributed by atoms with E-state index in [1.165, 1.54) is 12.1 Å². The fraction of sp³-hybridized carbons (Fsp3) is 0.350. The third kappa shape index (κ3) is 7.53. The molecule has 3 N–H and O–H groups in total. The molecule has 0 aliphatic carbocycles. The predicted molar refractivity (Wildman–Crippen MR) is 122 cm³/mol. The average Bonchev–Trinajstić information content (AvgIpc) is 2.66. The van der Waals surface area contributed by atoms with Gasteiger partial charge in [0.1, 0.15) is 0 Å². The summed E-state index contributed by atoms with van der Waals surface area (Å²) in [5.41, 5.74) is 2.96. The number of carbonyl (C=O) groups is 1. The summed E-state index contributed by atoms with van der Waals surface area (Å²) in [4.78, 5) is 14.2. The topological polar surface area (TPSA) is 125 Å². The highest BCUT2D eigenvalue weighted by atomic mass is 32.2. The standard InChI is InChI=1S/C20H28N4O5S2/c1-5-24(13-12-21-30(4,26)27)17-8-11-19(16(3)14-17)22-20(25)23-31(28,29)18-9-6-15(2)7-10-18/h6-11,14,21H,5,12-13H2,1-4H3,(H2,22,23,25). The molecule has 0 fully saturated rings. The second kappa shape index (κ2) is 10.1. The van der Waals surface area contributed by atoms with E-state index in [0.29, 0.717) is 18.8 Å². The fourth-order valence-corrected chi connectivity index (χ4v) is 4.24. The van der Waals surface area contributed by atoms with Crippen molar-refractivity contribution in [2.24, 2.45) is 0 Å². The largest absolute Gasteiger partial charge is 0.370 e. The molecule has 0 aliphatic rings. The van der Waals surface area contributed by atoms with Crippen LogP contribution in [-0.2, 0) is 20.0 Å². The van der Waals surface area contributed by atoms with Crippen molar-refractivity contribution in [1.82, 2.24) is 9.44 Å². The molecule has 31 heavy (non-hydrogen) atoms. The van der Waals surface area contributed by atoms with E-state index in [4.69, 9.17) is 0 Å². The van der Waals surface area contributed by atoms with Crippen molar-refractivity contribution in [3.05, 3.63) is 53.6 Å². The minimum Gasteiger partial charge on any atom is -0.370 e. The van der Waals surface area contributed by atoms with Gasteiger partial charge >= 0.3 is 6.03 Å². The fourth-order valence-electron chi connectivity index (χ4n) is 2.87. The Morgan fingerprint density at radius 1 is 1.00 bits per heavy atom. The molecular formula is C20H28N4O5S2. The number of nitrogens with zero attached hydrogens (tertiary/aromatic N) is 1.